The number of hydrogen-bond acceptors (Lipinski definition) is 2. The van der Waals surface area contributed by atoms with Crippen molar-refractivity contribution in [2.24, 2.45) is 5.92 Å². The second-order valence-electron chi connectivity index (χ2n) is 6.06. The van der Waals surface area contributed by atoms with Crippen molar-refractivity contribution in [2.75, 3.05) is 0 Å². The molecule has 18 heavy (non-hydrogen) atoms. The summed E-state index contributed by atoms with van der Waals surface area (Å²) in [7, 11) is 0. The Morgan fingerprint density at radius 3 is 2.56 bits per heavy atom. The van der Waals surface area contributed by atoms with Crippen molar-refractivity contribution in [1.82, 2.24) is 0 Å². The maximum atomic E-state index is 11.6. The maximum absolute atomic E-state index is 11.6. The summed E-state index contributed by atoms with van der Waals surface area (Å²) in [6.07, 6.45) is 14.9. The van der Waals surface area contributed by atoms with E-state index in [-0.39, 0.29) is 11.6 Å². The SMILES string of the molecule is C=CC(=O)OC12CCCCCCC(CCC1)CC2. The largest absolute Gasteiger partial charge is 0.456 e. The molecule has 2 aliphatic rings. The van der Waals surface area contributed by atoms with Gasteiger partial charge in [0.2, 0.25) is 0 Å². The molecular formula is C16H26O2. The first-order chi connectivity index (χ1) is 8.74. The van der Waals surface area contributed by atoms with Gasteiger partial charge in [-0.05, 0) is 44.4 Å². The molecule has 2 atom stereocenters. The highest BCUT2D eigenvalue weighted by atomic mass is 16.6. The van der Waals surface area contributed by atoms with Gasteiger partial charge in [-0.3, -0.25) is 0 Å². The van der Waals surface area contributed by atoms with Crippen molar-refractivity contribution in [3.63, 3.8) is 0 Å². The summed E-state index contributed by atoms with van der Waals surface area (Å²) >= 11 is 0. The van der Waals surface area contributed by atoms with Crippen molar-refractivity contribution in [2.45, 2.75) is 76.2 Å². The minimum Gasteiger partial charge on any atom is -0.456 e. The highest BCUT2D eigenvalue weighted by molar-refractivity contribution is 5.81. The van der Waals surface area contributed by atoms with E-state index in [0.29, 0.717) is 0 Å². The summed E-state index contributed by atoms with van der Waals surface area (Å²) in [5.41, 5.74) is -0.169. The first-order valence-corrected chi connectivity index (χ1v) is 7.59. The molecular weight excluding hydrogens is 224 g/mol. The van der Waals surface area contributed by atoms with E-state index < -0.39 is 0 Å². The van der Waals surface area contributed by atoms with E-state index in [1.54, 1.807) is 0 Å². The summed E-state index contributed by atoms with van der Waals surface area (Å²) in [5, 5.41) is 0. The van der Waals surface area contributed by atoms with Gasteiger partial charge in [0, 0.05) is 6.08 Å². The van der Waals surface area contributed by atoms with Gasteiger partial charge >= 0.3 is 5.97 Å². The molecule has 0 N–H and O–H groups in total. The fourth-order valence-corrected chi connectivity index (χ4v) is 3.63. The van der Waals surface area contributed by atoms with Crippen LogP contribution in [0.2, 0.25) is 0 Å². The average molecular weight is 250 g/mol. The van der Waals surface area contributed by atoms with Gasteiger partial charge in [-0.2, -0.15) is 0 Å². The van der Waals surface area contributed by atoms with Crippen LogP contribution in [0.25, 0.3) is 0 Å². The Morgan fingerprint density at radius 2 is 1.72 bits per heavy atom. The molecule has 0 heterocycles. The molecule has 0 radical (unpaired) electrons. The van der Waals surface area contributed by atoms with Crippen LogP contribution in [0.3, 0.4) is 0 Å². The molecule has 2 saturated carbocycles. The first-order valence-electron chi connectivity index (χ1n) is 7.59. The second-order valence-corrected chi connectivity index (χ2v) is 6.06. The zero-order valence-corrected chi connectivity index (χ0v) is 11.5. The molecule has 2 aliphatic carbocycles. The molecule has 2 bridgehead atoms. The molecule has 102 valence electrons. The van der Waals surface area contributed by atoms with Crippen LogP contribution in [0.5, 0.6) is 0 Å². The normalized spacial score (nSPS) is 33.4. The molecule has 0 aliphatic heterocycles. The molecule has 0 aromatic rings. The predicted molar refractivity (Wildman–Crippen MR) is 73.3 cm³/mol. The molecule has 0 aromatic heterocycles. The fraction of sp³-hybridized carbons (Fsp3) is 0.812. The van der Waals surface area contributed by atoms with Gasteiger partial charge < -0.3 is 4.74 Å². The van der Waals surface area contributed by atoms with Crippen molar-refractivity contribution in [3.8, 4) is 0 Å². The van der Waals surface area contributed by atoms with E-state index >= 15 is 0 Å². The molecule has 2 unspecified atom stereocenters. The molecule has 0 aromatic carbocycles. The first kappa shape index (κ1) is 13.6. The van der Waals surface area contributed by atoms with E-state index in [0.717, 1.165) is 25.2 Å². The van der Waals surface area contributed by atoms with Crippen LogP contribution in [0, 0.1) is 5.92 Å². The molecule has 0 spiro atoms. The van der Waals surface area contributed by atoms with Gasteiger partial charge in [-0.1, -0.05) is 38.7 Å². The van der Waals surface area contributed by atoms with Crippen molar-refractivity contribution in [1.29, 1.82) is 0 Å². The fourth-order valence-electron chi connectivity index (χ4n) is 3.63. The Hall–Kier alpha value is -0.790. The lowest BCUT2D eigenvalue weighted by Crippen LogP contribution is -2.34. The number of esters is 1. The lowest BCUT2D eigenvalue weighted by Gasteiger charge is -2.33. The van der Waals surface area contributed by atoms with Gasteiger partial charge in [0.25, 0.3) is 0 Å². The summed E-state index contributed by atoms with van der Waals surface area (Å²) in [5.74, 6) is 0.637. The molecule has 0 amide bonds. The molecule has 2 rings (SSSR count). The highest BCUT2D eigenvalue weighted by Gasteiger charge is 2.36. The highest BCUT2D eigenvalue weighted by Crippen LogP contribution is 2.39. The summed E-state index contributed by atoms with van der Waals surface area (Å²) in [6.45, 7) is 3.53. The van der Waals surface area contributed by atoms with Crippen LogP contribution in [0.1, 0.15) is 70.6 Å². The van der Waals surface area contributed by atoms with Crippen LogP contribution in [0.4, 0.5) is 0 Å². The van der Waals surface area contributed by atoms with Crippen LogP contribution in [-0.2, 0) is 9.53 Å². The second kappa shape index (κ2) is 6.40. The van der Waals surface area contributed by atoms with E-state index in [2.05, 4.69) is 6.58 Å². The Kier molecular flexibility index (Phi) is 4.85. The standard InChI is InChI=1S/C16H26O2/c1-2-15(17)18-16-11-6-4-3-5-8-14(10-13-16)9-7-12-16/h2,14H,1,3-13H2. The summed E-state index contributed by atoms with van der Waals surface area (Å²) < 4.78 is 5.77. The van der Waals surface area contributed by atoms with Crippen molar-refractivity contribution >= 4 is 5.97 Å². The van der Waals surface area contributed by atoms with Crippen LogP contribution < -0.4 is 0 Å². The smallest absolute Gasteiger partial charge is 0.330 e. The van der Waals surface area contributed by atoms with Crippen LogP contribution in [-0.4, -0.2) is 11.6 Å². The van der Waals surface area contributed by atoms with Gasteiger partial charge in [-0.15, -0.1) is 0 Å². The number of fused-ring (bicyclic) bond motifs is 3. The summed E-state index contributed by atoms with van der Waals surface area (Å²) in [4.78, 5) is 11.6. The lowest BCUT2D eigenvalue weighted by atomic mass is 9.85. The molecule has 0 saturated heterocycles. The number of carbonyl (C=O) groups is 1. The average Bonchev–Trinajstić information content (AvgIpc) is 2.59. The Balaban J connectivity index is 2.08. The molecule has 2 nitrogen and oxygen atoms in total. The number of carbonyl (C=O) groups excluding carboxylic acids is 1. The van der Waals surface area contributed by atoms with Gasteiger partial charge in [0.15, 0.2) is 0 Å². The number of hydrogen-bond donors (Lipinski definition) is 0. The number of ether oxygens (including phenoxy) is 1. The number of rotatable bonds is 2. The van der Waals surface area contributed by atoms with E-state index in [1.165, 1.54) is 57.4 Å². The predicted octanol–water partition coefficient (Wildman–Crippen LogP) is 4.39. The minimum absolute atomic E-state index is 0.169. The van der Waals surface area contributed by atoms with E-state index in [9.17, 15) is 4.79 Å². The lowest BCUT2D eigenvalue weighted by molar-refractivity contribution is -0.156. The monoisotopic (exact) mass is 250 g/mol. The van der Waals surface area contributed by atoms with E-state index in [4.69, 9.17) is 4.74 Å². The van der Waals surface area contributed by atoms with Crippen LogP contribution in [0.15, 0.2) is 12.7 Å². The Morgan fingerprint density at radius 1 is 1.00 bits per heavy atom. The van der Waals surface area contributed by atoms with Gasteiger partial charge in [0.05, 0.1) is 0 Å². The quantitative estimate of drug-likeness (QED) is 0.536. The minimum atomic E-state index is -0.231. The molecule has 2 fully saturated rings. The Labute approximate surface area is 111 Å². The van der Waals surface area contributed by atoms with E-state index in [1.807, 2.05) is 0 Å². The van der Waals surface area contributed by atoms with Crippen molar-refractivity contribution in [3.05, 3.63) is 12.7 Å². The molecule has 2 heteroatoms. The van der Waals surface area contributed by atoms with Gasteiger partial charge in [0.1, 0.15) is 5.60 Å². The van der Waals surface area contributed by atoms with Gasteiger partial charge in [-0.25, -0.2) is 4.79 Å². The zero-order chi connectivity index (χ0) is 12.8. The third-order valence-electron chi connectivity index (χ3n) is 4.73. The summed E-state index contributed by atoms with van der Waals surface area (Å²) in [6, 6.07) is 0. The third kappa shape index (κ3) is 3.60. The maximum Gasteiger partial charge on any atom is 0.330 e. The topological polar surface area (TPSA) is 26.3 Å². The van der Waals surface area contributed by atoms with Crippen molar-refractivity contribution < 1.29 is 9.53 Å². The zero-order valence-electron chi connectivity index (χ0n) is 11.5. The van der Waals surface area contributed by atoms with Crippen LogP contribution >= 0.6 is 0 Å². The Bertz CT molecular complexity index is 297. The third-order valence-corrected chi connectivity index (χ3v) is 4.73.